The van der Waals surface area contributed by atoms with Gasteiger partial charge in [0.2, 0.25) is 0 Å². The van der Waals surface area contributed by atoms with Gasteiger partial charge < -0.3 is 4.42 Å². The quantitative estimate of drug-likeness (QED) is 0.174. The molecule has 8 heteroatoms. The van der Waals surface area contributed by atoms with E-state index in [-0.39, 0.29) is 0 Å². The number of benzene rings is 7. The van der Waals surface area contributed by atoms with E-state index >= 15 is 0 Å². The molecule has 0 saturated carbocycles. The van der Waals surface area contributed by atoms with Crippen LogP contribution in [0.1, 0.15) is 0 Å². The normalized spacial score (nSPS) is 11.9. The smallest absolute Gasteiger partial charge is 0.164 e. The molecule has 0 saturated heterocycles. The molecule has 0 aliphatic heterocycles. The molecule has 0 aliphatic carbocycles. The van der Waals surface area contributed by atoms with Crippen molar-refractivity contribution in [3.63, 3.8) is 0 Å². The molecular formula is C49H27N5OS2. The van der Waals surface area contributed by atoms with Gasteiger partial charge in [0.15, 0.2) is 23.3 Å². The number of aromatic nitrogens is 5. The van der Waals surface area contributed by atoms with Crippen molar-refractivity contribution in [1.29, 1.82) is 0 Å². The van der Waals surface area contributed by atoms with E-state index in [4.69, 9.17) is 29.3 Å². The second-order valence-corrected chi connectivity index (χ2v) is 16.1. The Balaban J connectivity index is 1.01. The summed E-state index contributed by atoms with van der Waals surface area (Å²) in [5.74, 6) is 2.54. The molecule has 266 valence electrons. The van der Waals surface area contributed by atoms with Gasteiger partial charge in [-0.05, 0) is 42.5 Å². The van der Waals surface area contributed by atoms with Crippen molar-refractivity contribution in [2.24, 2.45) is 0 Å². The van der Waals surface area contributed by atoms with Crippen molar-refractivity contribution in [3.05, 3.63) is 164 Å². The highest BCUT2D eigenvalue weighted by Gasteiger charge is 2.20. The van der Waals surface area contributed by atoms with Gasteiger partial charge in [-0.1, -0.05) is 121 Å². The molecule has 5 aromatic heterocycles. The van der Waals surface area contributed by atoms with E-state index in [9.17, 15) is 0 Å². The van der Waals surface area contributed by atoms with Crippen molar-refractivity contribution in [2.45, 2.75) is 0 Å². The Morgan fingerprint density at radius 3 is 1.88 bits per heavy atom. The molecule has 0 unspecified atom stereocenters. The molecule has 0 amide bonds. The highest BCUT2D eigenvalue weighted by Crippen LogP contribution is 2.42. The molecule has 12 aromatic rings. The number of hydrogen-bond acceptors (Lipinski definition) is 8. The number of rotatable bonds is 5. The van der Waals surface area contributed by atoms with E-state index in [2.05, 4.69) is 97.1 Å². The molecule has 5 heterocycles. The van der Waals surface area contributed by atoms with Crippen molar-refractivity contribution >= 4 is 85.1 Å². The zero-order valence-electron chi connectivity index (χ0n) is 30.0. The van der Waals surface area contributed by atoms with E-state index in [1.165, 1.54) is 14.1 Å². The van der Waals surface area contributed by atoms with Gasteiger partial charge in [0, 0.05) is 68.8 Å². The van der Waals surface area contributed by atoms with E-state index in [0.29, 0.717) is 17.5 Å². The van der Waals surface area contributed by atoms with Crippen LogP contribution >= 0.6 is 22.7 Å². The molecule has 0 N–H and O–H groups in total. The average molecular weight is 766 g/mol. The summed E-state index contributed by atoms with van der Waals surface area (Å²) in [5, 5.41) is 5.49. The van der Waals surface area contributed by atoms with E-state index < -0.39 is 0 Å². The summed E-state index contributed by atoms with van der Waals surface area (Å²) in [6, 6.07) is 56.3. The van der Waals surface area contributed by atoms with Gasteiger partial charge in [-0.15, -0.1) is 22.7 Å². The number of fused-ring (bicyclic) bond motifs is 9. The van der Waals surface area contributed by atoms with Crippen LogP contribution in [0.25, 0.3) is 119 Å². The first-order chi connectivity index (χ1) is 28.2. The number of nitrogens with zero attached hydrogens (tertiary/aromatic N) is 5. The molecule has 0 aliphatic rings. The average Bonchev–Trinajstić information content (AvgIpc) is 3.97. The molecule has 7 aromatic carbocycles. The largest absolute Gasteiger partial charge is 0.456 e. The van der Waals surface area contributed by atoms with Gasteiger partial charge in [-0.2, -0.15) is 0 Å². The summed E-state index contributed by atoms with van der Waals surface area (Å²) in [6.45, 7) is 0. The summed E-state index contributed by atoms with van der Waals surface area (Å²) in [5.41, 5.74) is 8.39. The Labute approximate surface area is 333 Å². The Bertz CT molecular complexity index is 3540. The van der Waals surface area contributed by atoms with E-state index in [1.54, 1.807) is 22.7 Å². The van der Waals surface area contributed by atoms with Crippen LogP contribution in [0.4, 0.5) is 0 Å². The Kier molecular flexibility index (Phi) is 7.17. The summed E-state index contributed by atoms with van der Waals surface area (Å²) in [6.07, 6.45) is 0. The fraction of sp³-hybridized carbons (Fsp3) is 0. The number of thiophene rings is 2. The molecular weight excluding hydrogens is 739 g/mol. The highest BCUT2D eigenvalue weighted by molar-refractivity contribution is 7.26. The standard InChI is InChI=1S/C49H27N5OS2/c1-3-12-28(13-4-1)43-45-44(34-17-8-10-21-39(34)57-45)51-47(50-43)31-22-24-32-36-26-30(23-25-40(36)56-41(32)27-31)48-52-46(29-14-5-2-6-15-29)53-49(54-48)35-18-11-20-38-42(35)33-16-7-9-19-37(33)55-38/h1-27H. The third-order valence-electron chi connectivity index (χ3n) is 10.6. The third kappa shape index (κ3) is 5.26. The van der Waals surface area contributed by atoms with Gasteiger partial charge in [0.05, 0.1) is 15.9 Å². The lowest BCUT2D eigenvalue weighted by molar-refractivity contribution is 0.669. The van der Waals surface area contributed by atoms with Crippen molar-refractivity contribution < 1.29 is 4.42 Å². The minimum atomic E-state index is 0.598. The van der Waals surface area contributed by atoms with Gasteiger partial charge in [0.1, 0.15) is 11.2 Å². The van der Waals surface area contributed by atoms with Gasteiger partial charge in [-0.25, -0.2) is 24.9 Å². The van der Waals surface area contributed by atoms with Crippen LogP contribution in [0.5, 0.6) is 0 Å². The lowest BCUT2D eigenvalue weighted by Gasteiger charge is -2.09. The molecule has 57 heavy (non-hydrogen) atoms. The zero-order chi connectivity index (χ0) is 37.5. The predicted octanol–water partition coefficient (Wildman–Crippen LogP) is 13.6. The maximum Gasteiger partial charge on any atom is 0.164 e. The molecule has 0 fully saturated rings. The first-order valence-corrected chi connectivity index (χ1v) is 20.3. The highest BCUT2D eigenvalue weighted by atomic mass is 32.1. The molecule has 0 spiro atoms. The lowest BCUT2D eigenvalue weighted by atomic mass is 10.0. The Hall–Kier alpha value is -7.13. The maximum atomic E-state index is 6.24. The monoisotopic (exact) mass is 765 g/mol. The molecule has 0 bridgehead atoms. The number of hydrogen-bond donors (Lipinski definition) is 0. The fourth-order valence-corrected chi connectivity index (χ4v) is 10.1. The van der Waals surface area contributed by atoms with Gasteiger partial charge in [-0.3, -0.25) is 0 Å². The van der Waals surface area contributed by atoms with Crippen molar-refractivity contribution in [2.75, 3.05) is 0 Å². The summed E-state index contributed by atoms with van der Waals surface area (Å²) >= 11 is 3.52. The molecule has 12 rings (SSSR count). The van der Waals surface area contributed by atoms with Gasteiger partial charge in [0.25, 0.3) is 0 Å². The van der Waals surface area contributed by atoms with Crippen LogP contribution in [0.2, 0.25) is 0 Å². The fourth-order valence-electron chi connectivity index (χ4n) is 7.87. The minimum Gasteiger partial charge on any atom is -0.456 e. The topological polar surface area (TPSA) is 77.6 Å². The lowest BCUT2D eigenvalue weighted by Crippen LogP contribution is -2.00. The Morgan fingerprint density at radius 1 is 0.368 bits per heavy atom. The molecule has 6 nitrogen and oxygen atoms in total. The minimum absolute atomic E-state index is 0.598. The number of furan rings is 1. The van der Waals surface area contributed by atoms with Crippen LogP contribution in [-0.2, 0) is 0 Å². The van der Waals surface area contributed by atoms with Crippen LogP contribution < -0.4 is 0 Å². The van der Waals surface area contributed by atoms with E-state index in [1.807, 2.05) is 66.7 Å². The second kappa shape index (κ2) is 12.7. The summed E-state index contributed by atoms with van der Waals surface area (Å²) in [4.78, 5) is 25.7. The second-order valence-electron chi connectivity index (χ2n) is 14.0. The van der Waals surface area contributed by atoms with Crippen LogP contribution in [0, 0.1) is 0 Å². The zero-order valence-corrected chi connectivity index (χ0v) is 31.7. The van der Waals surface area contributed by atoms with Crippen LogP contribution in [0.15, 0.2) is 168 Å². The first-order valence-electron chi connectivity index (χ1n) is 18.7. The summed E-state index contributed by atoms with van der Waals surface area (Å²) in [7, 11) is 0. The van der Waals surface area contributed by atoms with Crippen LogP contribution in [-0.4, -0.2) is 24.9 Å². The predicted molar refractivity (Wildman–Crippen MR) is 236 cm³/mol. The number of para-hydroxylation sites is 1. The van der Waals surface area contributed by atoms with Crippen molar-refractivity contribution in [1.82, 2.24) is 24.9 Å². The van der Waals surface area contributed by atoms with Gasteiger partial charge >= 0.3 is 0 Å². The molecule has 0 atom stereocenters. The maximum absolute atomic E-state index is 6.24. The van der Waals surface area contributed by atoms with Crippen LogP contribution in [0.3, 0.4) is 0 Å². The Morgan fingerprint density at radius 2 is 1.02 bits per heavy atom. The third-order valence-corrected chi connectivity index (χ3v) is 12.9. The summed E-state index contributed by atoms with van der Waals surface area (Å²) < 4.78 is 10.9. The molecule has 0 radical (unpaired) electrons. The first kappa shape index (κ1) is 32.1. The van der Waals surface area contributed by atoms with E-state index in [0.717, 1.165) is 87.6 Å². The van der Waals surface area contributed by atoms with Crippen molar-refractivity contribution in [3.8, 4) is 56.8 Å². The SMILES string of the molecule is c1ccc(-c2nc(-c3ccc4sc5cc(-c6nc(-c7ccccc7)c7sc8ccccc8c7n6)ccc5c4c3)nc(-c3cccc4oc5ccccc5c34)n2)cc1.